The molecule has 1 saturated heterocycles. The number of benzene rings is 2. The fourth-order valence-electron chi connectivity index (χ4n) is 3.48. The highest BCUT2D eigenvalue weighted by molar-refractivity contribution is 5.94. The third-order valence-electron chi connectivity index (χ3n) is 5.04. The molecule has 0 saturated carbocycles. The highest BCUT2D eigenvalue weighted by Gasteiger charge is 2.20. The highest BCUT2D eigenvalue weighted by Crippen LogP contribution is 2.12. The van der Waals surface area contributed by atoms with Gasteiger partial charge in [-0.2, -0.15) is 0 Å². The maximum absolute atomic E-state index is 12.7. The lowest BCUT2D eigenvalue weighted by atomic mass is 10.1. The number of rotatable bonds is 6. The third-order valence-corrected chi connectivity index (χ3v) is 5.04. The number of hydrogen-bond acceptors (Lipinski definition) is 3. The van der Waals surface area contributed by atoms with Gasteiger partial charge in [-0.05, 0) is 55.6 Å². The molecule has 2 aromatic carbocycles. The molecule has 0 aliphatic carbocycles. The van der Waals surface area contributed by atoms with Crippen LogP contribution >= 0.6 is 0 Å². The second-order valence-corrected chi connectivity index (χ2v) is 6.93. The van der Waals surface area contributed by atoms with E-state index in [1.165, 1.54) is 5.56 Å². The first kappa shape index (κ1) is 18.6. The van der Waals surface area contributed by atoms with Crippen molar-refractivity contribution in [1.29, 1.82) is 0 Å². The lowest BCUT2D eigenvalue weighted by molar-refractivity contribution is 0.0761. The molecule has 2 aromatic rings. The van der Waals surface area contributed by atoms with E-state index >= 15 is 0 Å². The van der Waals surface area contributed by atoms with Crippen LogP contribution < -0.4 is 0 Å². The largest absolute Gasteiger partial charge is 0.392 e. The number of nitrogens with zero attached hydrogens (tertiary/aromatic N) is 2. The zero-order chi connectivity index (χ0) is 18.2. The van der Waals surface area contributed by atoms with Crippen molar-refractivity contribution in [2.75, 3.05) is 32.7 Å². The van der Waals surface area contributed by atoms with Crippen molar-refractivity contribution in [3.63, 3.8) is 0 Å². The smallest absolute Gasteiger partial charge is 0.253 e. The third kappa shape index (κ3) is 5.16. The summed E-state index contributed by atoms with van der Waals surface area (Å²) >= 11 is 0. The van der Waals surface area contributed by atoms with Crippen molar-refractivity contribution in [1.82, 2.24) is 9.80 Å². The van der Waals surface area contributed by atoms with Gasteiger partial charge in [0.25, 0.3) is 5.91 Å². The summed E-state index contributed by atoms with van der Waals surface area (Å²) < 4.78 is 0. The minimum absolute atomic E-state index is 0.0100. The van der Waals surface area contributed by atoms with Crippen molar-refractivity contribution in [3.8, 4) is 0 Å². The Kier molecular flexibility index (Phi) is 6.81. The Labute approximate surface area is 156 Å². The van der Waals surface area contributed by atoms with Crippen LogP contribution in [0.25, 0.3) is 0 Å². The van der Waals surface area contributed by atoms with Crippen molar-refractivity contribution in [3.05, 3.63) is 71.3 Å². The zero-order valence-corrected chi connectivity index (χ0v) is 15.3. The molecule has 4 nitrogen and oxygen atoms in total. The summed E-state index contributed by atoms with van der Waals surface area (Å²) in [6.07, 6.45) is 3.28. The molecule has 0 aromatic heterocycles. The summed E-state index contributed by atoms with van der Waals surface area (Å²) in [5.74, 6) is 0.0978. The number of aliphatic hydroxyl groups excluding tert-OH is 1. The fourth-order valence-corrected chi connectivity index (χ4v) is 3.48. The molecular formula is C22H28N2O2. The molecule has 26 heavy (non-hydrogen) atoms. The fraction of sp³-hybridized carbons (Fsp3) is 0.409. The molecule has 1 fully saturated rings. The van der Waals surface area contributed by atoms with Crippen LogP contribution in [-0.2, 0) is 13.0 Å². The van der Waals surface area contributed by atoms with Crippen molar-refractivity contribution in [2.45, 2.75) is 25.9 Å². The van der Waals surface area contributed by atoms with Crippen LogP contribution in [0.15, 0.2) is 54.6 Å². The van der Waals surface area contributed by atoms with Crippen LogP contribution in [0.5, 0.6) is 0 Å². The lowest BCUT2D eigenvalue weighted by Gasteiger charge is -2.22. The van der Waals surface area contributed by atoms with E-state index in [1.54, 1.807) is 0 Å². The van der Waals surface area contributed by atoms with Crippen LogP contribution in [-0.4, -0.2) is 53.5 Å². The zero-order valence-electron chi connectivity index (χ0n) is 15.3. The summed E-state index contributed by atoms with van der Waals surface area (Å²) in [4.78, 5) is 17.1. The van der Waals surface area contributed by atoms with Gasteiger partial charge in [-0.25, -0.2) is 0 Å². The minimum Gasteiger partial charge on any atom is -0.392 e. The molecule has 1 N–H and O–H groups in total. The Bertz CT molecular complexity index is 685. The summed E-state index contributed by atoms with van der Waals surface area (Å²) in [6.45, 7) is 4.69. The maximum atomic E-state index is 12.7. The molecule has 1 aliphatic heterocycles. The van der Waals surface area contributed by atoms with E-state index in [0.29, 0.717) is 5.56 Å². The molecule has 0 atom stereocenters. The van der Waals surface area contributed by atoms with Crippen LogP contribution in [0.2, 0.25) is 0 Å². The van der Waals surface area contributed by atoms with Crippen molar-refractivity contribution >= 4 is 5.91 Å². The van der Waals surface area contributed by atoms with Gasteiger partial charge in [0, 0.05) is 25.2 Å². The van der Waals surface area contributed by atoms with Crippen LogP contribution in [0.4, 0.5) is 0 Å². The number of carbonyl (C=O) groups excluding carboxylic acids is 1. The summed E-state index contributed by atoms with van der Waals surface area (Å²) in [5.41, 5.74) is 2.94. The lowest BCUT2D eigenvalue weighted by Crippen LogP contribution is -2.35. The SMILES string of the molecule is O=C(c1ccc(CO)cc1)N1CCCN(CCCc2ccccc2)CC1. The monoisotopic (exact) mass is 352 g/mol. The Hall–Kier alpha value is -2.17. The number of aliphatic hydroxyl groups is 1. The Balaban J connectivity index is 1.47. The molecule has 0 radical (unpaired) electrons. The van der Waals surface area contributed by atoms with Gasteiger partial charge in [0.2, 0.25) is 0 Å². The normalized spacial score (nSPS) is 15.7. The first-order valence-electron chi connectivity index (χ1n) is 9.51. The molecule has 0 bridgehead atoms. The van der Waals surface area contributed by atoms with E-state index < -0.39 is 0 Å². The minimum atomic E-state index is 0.0100. The molecule has 1 heterocycles. The van der Waals surface area contributed by atoms with E-state index in [2.05, 4.69) is 35.2 Å². The second kappa shape index (κ2) is 9.51. The second-order valence-electron chi connectivity index (χ2n) is 6.93. The standard InChI is InChI=1S/C22H28N2O2/c25-18-20-9-11-21(12-10-20)22(26)24-15-5-14-23(16-17-24)13-4-8-19-6-2-1-3-7-19/h1-3,6-7,9-12,25H,4-5,8,13-18H2. The van der Waals surface area contributed by atoms with Gasteiger partial charge in [-0.15, -0.1) is 0 Å². The van der Waals surface area contributed by atoms with Gasteiger partial charge in [0.1, 0.15) is 0 Å². The van der Waals surface area contributed by atoms with Gasteiger partial charge in [0.05, 0.1) is 6.61 Å². The predicted molar refractivity (Wildman–Crippen MR) is 104 cm³/mol. The van der Waals surface area contributed by atoms with E-state index in [1.807, 2.05) is 29.2 Å². The van der Waals surface area contributed by atoms with Gasteiger partial charge in [-0.1, -0.05) is 42.5 Å². The molecule has 4 heteroatoms. The van der Waals surface area contributed by atoms with Crippen LogP contribution in [0, 0.1) is 0 Å². The molecule has 3 rings (SSSR count). The molecule has 1 amide bonds. The van der Waals surface area contributed by atoms with E-state index in [0.717, 1.165) is 57.5 Å². The van der Waals surface area contributed by atoms with Gasteiger partial charge < -0.3 is 14.9 Å². The van der Waals surface area contributed by atoms with E-state index in [4.69, 9.17) is 5.11 Å². The number of hydrogen-bond donors (Lipinski definition) is 1. The first-order chi connectivity index (χ1) is 12.8. The molecular weight excluding hydrogens is 324 g/mol. The summed E-state index contributed by atoms with van der Waals surface area (Å²) in [5, 5.41) is 9.12. The highest BCUT2D eigenvalue weighted by atomic mass is 16.3. The van der Waals surface area contributed by atoms with E-state index in [-0.39, 0.29) is 12.5 Å². The van der Waals surface area contributed by atoms with Crippen LogP contribution in [0.1, 0.15) is 34.3 Å². The average molecular weight is 352 g/mol. The van der Waals surface area contributed by atoms with Crippen molar-refractivity contribution in [2.24, 2.45) is 0 Å². The Morgan fingerprint density at radius 2 is 1.65 bits per heavy atom. The molecule has 138 valence electrons. The number of carbonyl (C=O) groups is 1. The summed E-state index contributed by atoms with van der Waals surface area (Å²) in [7, 11) is 0. The molecule has 1 aliphatic rings. The van der Waals surface area contributed by atoms with Gasteiger partial charge in [0.15, 0.2) is 0 Å². The maximum Gasteiger partial charge on any atom is 0.253 e. The van der Waals surface area contributed by atoms with Crippen LogP contribution in [0.3, 0.4) is 0 Å². The van der Waals surface area contributed by atoms with Gasteiger partial charge >= 0.3 is 0 Å². The molecule has 0 spiro atoms. The van der Waals surface area contributed by atoms with E-state index in [9.17, 15) is 4.79 Å². The topological polar surface area (TPSA) is 43.8 Å². The quantitative estimate of drug-likeness (QED) is 0.869. The predicted octanol–water partition coefficient (Wildman–Crippen LogP) is 2.96. The molecule has 0 unspecified atom stereocenters. The Morgan fingerprint density at radius 1 is 0.885 bits per heavy atom. The first-order valence-corrected chi connectivity index (χ1v) is 9.51. The Morgan fingerprint density at radius 3 is 2.38 bits per heavy atom. The number of aryl methyl sites for hydroxylation is 1. The van der Waals surface area contributed by atoms with Gasteiger partial charge in [-0.3, -0.25) is 4.79 Å². The number of amides is 1. The summed E-state index contributed by atoms with van der Waals surface area (Å²) in [6, 6.07) is 17.9. The van der Waals surface area contributed by atoms with Crippen molar-refractivity contribution < 1.29 is 9.90 Å². The average Bonchev–Trinajstić information content (AvgIpc) is 2.94.